The van der Waals surface area contributed by atoms with Crippen molar-refractivity contribution >= 4 is 42.2 Å². The molecule has 2 fully saturated rings. The second-order valence-electron chi connectivity index (χ2n) is 7.94. The third-order valence-electron chi connectivity index (χ3n) is 5.78. The first-order chi connectivity index (χ1) is 14.1. The Morgan fingerprint density at radius 1 is 1.19 bits per heavy atom. The van der Waals surface area contributed by atoms with Crippen LogP contribution in [0.1, 0.15) is 59.7 Å². The van der Waals surface area contributed by atoms with Crippen LogP contribution >= 0.6 is 24.8 Å². The van der Waals surface area contributed by atoms with Gasteiger partial charge in [-0.05, 0) is 69.3 Å². The van der Waals surface area contributed by atoms with E-state index in [0.29, 0.717) is 17.0 Å². The summed E-state index contributed by atoms with van der Waals surface area (Å²) >= 11 is 0. The Morgan fingerprint density at radius 2 is 1.97 bits per heavy atom. The van der Waals surface area contributed by atoms with E-state index in [4.69, 9.17) is 4.42 Å². The van der Waals surface area contributed by atoms with Crippen LogP contribution in [-0.2, 0) is 0 Å². The number of aryl methyl sites for hydroxylation is 1. The van der Waals surface area contributed by atoms with Gasteiger partial charge in [0.2, 0.25) is 0 Å². The van der Waals surface area contributed by atoms with Crippen LogP contribution in [0.15, 0.2) is 33.6 Å². The normalized spacial score (nSPS) is 18.5. The predicted molar refractivity (Wildman–Crippen MR) is 127 cm³/mol. The van der Waals surface area contributed by atoms with Gasteiger partial charge in [-0.3, -0.25) is 4.79 Å². The summed E-state index contributed by atoms with van der Waals surface area (Å²) in [7, 11) is 0. The Bertz CT molecular complexity index is 921. The highest BCUT2D eigenvalue weighted by atomic mass is 35.5. The first-order valence-corrected chi connectivity index (χ1v) is 10.5. The lowest BCUT2D eigenvalue weighted by Crippen LogP contribution is -2.30. The van der Waals surface area contributed by atoms with Crippen molar-refractivity contribution in [2.75, 3.05) is 36.4 Å². The number of hydrogen-bond acceptors (Lipinski definition) is 6. The highest BCUT2D eigenvalue weighted by Crippen LogP contribution is 2.24. The van der Waals surface area contributed by atoms with E-state index in [1.807, 2.05) is 18.2 Å². The molecule has 2 N–H and O–H groups in total. The topological polar surface area (TPSA) is 87.5 Å². The lowest BCUT2D eigenvalue weighted by atomic mass is 9.95. The van der Waals surface area contributed by atoms with Crippen LogP contribution in [0.25, 0.3) is 0 Å². The van der Waals surface area contributed by atoms with Gasteiger partial charge in [-0.15, -0.1) is 24.8 Å². The van der Waals surface area contributed by atoms with Crippen LogP contribution in [0.2, 0.25) is 0 Å². The van der Waals surface area contributed by atoms with E-state index >= 15 is 0 Å². The minimum Gasteiger partial charge on any atom is -0.427 e. The van der Waals surface area contributed by atoms with E-state index in [1.165, 1.54) is 19.3 Å². The maximum absolute atomic E-state index is 12.7. The highest BCUT2D eigenvalue weighted by Gasteiger charge is 2.22. The fourth-order valence-electron chi connectivity index (χ4n) is 4.17. The third kappa shape index (κ3) is 5.99. The number of pyridine rings is 1. The molecule has 0 radical (unpaired) electrons. The number of nitrogens with zero attached hydrogens (tertiary/aromatic N) is 2. The molecule has 0 spiro atoms. The summed E-state index contributed by atoms with van der Waals surface area (Å²) in [6, 6.07) is 5.56. The van der Waals surface area contributed by atoms with Gasteiger partial charge in [-0.2, -0.15) is 0 Å². The van der Waals surface area contributed by atoms with Gasteiger partial charge in [0, 0.05) is 25.6 Å². The maximum atomic E-state index is 12.7. The van der Waals surface area contributed by atoms with Crippen molar-refractivity contribution < 1.29 is 9.21 Å². The summed E-state index contributed by atoms with van der Waals surface area (Å²) in [5, 5.41) is 6.10. The van der Waals surface area contributed by atoms with Crippen molar-refractivity contribution in [3.05, 3.63) is 51.7 Å². The molecular weight excluding hydrogens is 439 g/mol. The molecule has 170 valence electrons. The molecule has 1 atom stereocenters. The zero-order valence-corrected chi connectivity index (χ0v) is 19.3. The van der Waals surface area contributed by atoms with Crippen LogP contribution in [0, 0.1) is 6.92 Å². The Labute approximate surface area is 194 Å². The average Bonchev–Trinajstić information content (AvgIpc) is 2.75. The van der Waals surface area contributed by atoms with E-state index in [2.05, 4.69) is 20.5 Å². The number of carbonyl (C=O) groups excluding carboxylic acids is 1. The summed E-state index contributed by atoms with van der Waals surface area (Å²) in [4.78, 5) is 32.0. The second kappa shape index (κ2) is 11.5. The van der Waals surface area contributed by atoms with Gasteiger partial charge in [-0.25, -0.2) is 9.78 Å². The lowest BCUT2D eigenvalue weighted by molar-refractivity contribution is 0.102. The quantitative estimate of drug-likeness (QED) is 0.707. The van der Waals surface area contributed by atoms with E-state index in [-0.39, 0.29) is 36.3 Å². The zero-order valence-electron chi connectivity index (χ0n) is 17.7. The zero-order chi connectivity index (χ0) is 20.2. The van der Waals surface area contributed by atoms with Crippen molar-refractivity contribution in [3.8, 4) is 0 Å². The van der Waals surface area contributed by atoms with E-state index in [0.717, 1.165) is 44.8 Å². The number of halogens is 2. The van der Waals surface area contributed by atoms with Crippen LogP contribution in [-0.4, -0.2) is 37.1 Å². The van der Waals surface area contributed by atoms with Gasteiger partial charge in [0.05, 0.1) is 11.9 Å². The molecule has 1 unspecified atom stereocenters. The number of amides is 1. The number of hydrogen-bond donors (Lipinski definition) is 2. The summed E-state index contributed by atoms with van der Waals surface area (Å²) in [5.41, 5.74) is 0.672. The Balaban J connectivity index is 0.00000171. The number of aromatic nitrogens is 1. The molecule has 1 amide bonds. The minimum atomic E-state index is -0.582. The van der Waals surface area contributed by atoms with Crippen molar-refractivity contribution in [2.45, 2.75) is 44.9 Å². The van der Waals surface area contributed by atoms with Crippen molar-refractivity contribution in [2.24, 2.45) is 0 Å². The molecule has 2 aromatic rings. The smallest absolute Gasteiger partial charge is 0.349 e. The molecular formula is C22H30Cl2N4O3. The van der Waals surface area contributed by atoms with Crippen LogP contribution in [0.4, 0.5) is 11.5 Å². The minimum absolute atomic E-state index is 0. The predicted octanol–water partition coefficient (Wildman–Crippen LogP) is 3.90. The largest absolute Gasteiger partial charge is 0.427 e. The molecule has 2 aliphatic heterocycles. The fourth-order valence-corrected chi connectivity index (χ4v) is 4.17. The lowest BCUT2D eigenvalue weighted by Gasteiger charge is -2.27. The highest BCUT2D eigenvalue weighted by molar-refractivity contribution is 6.04. The van der Waals surface area contributed by atoms with Crippen LogP contribution in [0.5, 0.6) is 0 Å². The molecule has 0 aromatic carbocycles. The van der Waals surface area contributed by atoms with Crippen LogP contribution < -0.4 is 21.2 Å². The molecule has 7 nitrogen and oxygen atoms in total. The molecule has 2 aromatic heterocycles. The van der Waals surface area contributed by atoms with Gasteiger partial charge < -0.3 is 20.0 Å². The number of nitrogens with one attached hydrogen (secondary N) is 2. The summed E-state index contributed by atoms with van der Waals surface area (Å²) in [5.74, 6) is 1.29. The molecule has 4 rings (SSSR count). The standard InChI is InChI=1S/C22H28N4O3.2ClH/c1-15-12-18(16-6-5-9-23-13-16)29-22(28)20(15)21(27)25-17-7-8-19(24-14-17)26-10-3-2-4-11-26;;/h7-8,12,14,16,23H,2-6,9-11,13H2,1H3,(H,25,27);2*1H. The van der Waals surface area contributed by atoms with E-state index in [1.54, 1.807) is 13.1 Å². The SMILES string of the molecule is Cc1cc(C2CCCNC2)oc(=O)c1C(=O)Nc1ccc(N2CCCCC2)nc1.Cl.Cl. The number of anilines is 2. The number of carbonyl (C=O) groups is 1. The Morgan fingerprint density at radius 3 is 2.58 bits per heavy atom. The summed E-state index contributed by atoms with van der Waals surface area (Å²) in [6.45, 7) is 5.60. The number of piperidine rings is 2. The maximum Gasteiger partial charge on any atom is 0.349 e. The first-order valence-electron chi connectivity index (χ1n) is 10.5. The van der Waals surface area contributed by atoms with E-state index in [9.17, 15) is 9.59 Å². The number of rotatable bonds is 4. The van der Waals surface area contributed by atoms with Crippen molar-refractivity contribution in [1.82, 2.24) is 10.3 Å². The Hall–Kier alpha value is -2.09. The third-order valence-corrected chi connectivity index (χ3v) is 5.78. The molecule has 2 aliphatic rings. The monoisotopic (exact) mass is 468 g/mol. The molecule has 0 saturated carbocycles. The molecule has 0 bridgehead atoms. The molecule has 2 saturated heterocycles. The van der Waals surface area contributed by atoms with Crippen molar-refractivity contribution in [1.29, 1.82) is 0 Å². The van der Waals surface area contributed by atoms with Gasteiger partial charge >= 0.3 is 5.63 Å². The fraction of sp³-hybridized carbons (Fsp3) is 0.500. The van der Waals surface area contributed by atoms with Crippen molar-refractivity contribution in [3.63, 3.8) is 0 Å². The Kier molecular flexibility index (Phi) is 9.34. The molecule has 4 heterocycles. The molecule has 31 heavy (non-hydrogen) atoms. The average molecular weight is 469 g/mol. The summed E-state index contributed by atoms with van der Waals surface area (Å²) < 4.78 is 5.51. The van der Waals surface area contributed by atoms with Gasteiger partial charge in [0.1, 0.15) is 17.1 Å². The van der Waals surface area contributed by atoms with Gasteiger partial charge in [0.15, 0.2) is 0 Å². The summed E-state index contributed by atoms with van der Waals surface area (Å²) in [6.07, 6.45) is 7.31. The van der Waals surface area contributed by atoms with Gasteiger partial charge in [0.25, 0.3) is 5.91 Å². The second-order valence-corrected chi connectivity index (χ2v) is 7.94. The first kappa shape index (κ1) is 25.2. The molecule has 0 aliphatic carbocycles. The van der Waals surface area contributed by atoms with Crippen LogP contribution in [0.3, 0.4) is 0 Å². The van der Waals surface area contributed by atoms with E-state index < -0.39 is 11.5 Å². The van der Waals surface area contributed by atoms with Gasteiger partial charge in [-0.1, -0.05) is 0 Å². The molecule has 9 heteroatoms.